The van der Waals surface area contributed by atoms with Gasteiger partial charge in [-0.3, -0.25) is 4.90 Å². The topological polar surface area (TPSA) is 32.3 Å². The number of benzene rings is 1. The average molecular weight is 257 g/mol. The molecule has 3 nitrogen and oxygen atoms in total. The van der Waals surface area contributed by atoms with Crippen molar-refractivity contribution in [3.05, 3.63) is 29.8 Å². The standard InChI is InChI=1S/C10H13BrN2O/c1-12-10(14)13(2)9-5-3-4-8(6-9)7-11/h3-6H,7H2,1-2H3,(H,12,14). The molecule has 1 aromatic carbocycles. The Balaban J connectivity index is 2.89. The molecule has 14 heavy (non-hydrogen) atoms. The predicted octanol–water partition coefficient (Wildman–Crippen LogP) is 2.36. The zero-order valence-electron chi connectivity index (χ0n) is 8.25. The van der Waals surface area contributed by atoms with E-state index < -0.39 is 0 Å². The number of carbonyl (C=O) groups excluding carboxylic acids is 1. The maximum Gasteiger partial charge on any atom is 0.321 e. The van der Waals surface area contributed by atoms with Gasteiger partial charge < -0.3 is 5.32 Å². The number of nitrogens with one attached hydrogen (secondary N) is 1. The summed E-state index contributed by atoms with van der Waals surface area (Å²) in [7, 11) is 3.36. The molecule has 0 aliphatic carbocycles. The Labute approximate surface area is 92.2 Å². The van der Waals surface area contributed by atoms with Gasteiger partial charge in [0.2, 0.25) is 0 Å². The van der Waals surface area contributed by atoms with Crippen LogP contribution in [0.15, 0.2) is 24.3 Å². The second-order valence-corrected chi connectivity index (χ2v) is 3.48. The van der Waals surface area contributed by atoms with Crippen molar-refractivity contribution in [2.24, 2.45) is 0 Å². The fourth-order valence-electron chi connectivity index (χ4n) is 1.13. The zero-order chi connectivity index (χ0) is 10.6. The summed E-state index contributed by atoms with van der Waals surface area (Å²) in [5, 5.41) is 3.37. The summed E-state index contributed by atoms with van der Waals surface area (Å²) in [5.41, 5.74) is 2.04. The van der Waals surface area contributed by atoms with Gasteiger partial charge in [-0.1, -0.05) is 28.1 Å². The number of anilines is 1. The lowest BCUT2D eigenvalue weighted by Crippen LogP contribution is -2.34. The lowest BCUT2D eigenvalue weighted by atomic mass is 10.2. The van der Waals surface area contributed by atoms with E-state index in [0.29, 0.717) is 0 Å². The molecule has 0 unspecified atom stereocenters. The first kappa shape index (κ1) is 11.0. The van der Waals surface area contributed by atoms with Crippen molar-refractivity contribution < 1.29 is 4.79 Å². The highest BCUT2D eigenvalue weighted by molar-refractivity contribution is 9.08. The van der Waals surface area contributed by atoms with E-state index in [2.05, 4.69) is 21.2 Å². The number of amides is 2. The number of hydrogen-bond acceptors (Lipinski definition) is 1. The van der Waals surface area contributed by atoms with Crippen molar-refractivity contribution in [3.8, 4) is 0 Å². The van der Waals surface area contributed by atoms with Gasteiger partial charge in [0.05, 0.1) is 0 Å². The van der Waals surface area contributed by atoms with Crippen LogP contribution < -0.4 is 10.2 Å². The number of halogens is 1. The quantitative estimate of drug-likeness (QED) is 0.810. The second-order valence-electron chi connectivity index (χ2n) is 2.92. The minimum atomic E-state index is -0.114. The SMILES string of the molecule is CNC(=O)N(C)c1cccc(CBr)c1. The molecule has 0 radical (unpaired) electrons. The first-order valence-corrected chi connectivity index (χ1v) is 5.41. The average Bonchev–Trinajstić information content (AvgIpc) is 2.27. The molecule has 0 saturated heterocycles. The van der Waals surface area contributed by atoms with Crippen molar-refractivity contribution in [1.29, 1.82) is 0 Å². The van der Waals surface area contributed by atoms with Gasteiger partial charge in [0, 0.05) is 25.1 Å². The Kier molecular flexibility index (Phi) is 3.95. The summed E-state index contributed by atoms with van der Waals surface area (Å²) in [5.74, 6) is 0. The summed E-state index contributed by atoms with van der Waals surface area (Å²) < 4.78 is 0. The molecule has 0 bridgehead atoms. The van der Waals surface area contributed by atoms with E-state index in [1.54, 1.807) is 19.0 Å². The Morgan fingerprint density at radius 2 is 2.29 bits per heavy atom. The largest absolute Gasteiger partial charge is 0.341 e. The van der Waals surface area contributed by atoms with Crippen molar-refractivity contribution >= 4 is 27.6 Å². The summed E-state index contributed by atoms with van der Waals surface area (Å²) in [4.78, 5) is 12.9. The van der Waals surface area contributed by atoms with E-state index >= 15 is 0 Å². The number of rotatable bonds is 2. The maximum atomic E-state index is 11.3. The first-order valence-electron chi connectivity index (χ1n) is 4.29. The highest BCUT2D eigenvalue weighted by Gasteiger charge is 2.07. The molecule has 0 heterocycles. The second kappa shape index (κ2) is 5.00. The van der Waals surface area contributed by atoms with Crippen molar-refractivity contribution in [1.82, 2.24) is 5.32 Å². The first-order chi connectivity index (χ1) is 6.69. The molecule has 1 rings (SSSR count). The van der Waals surface area contributed by atoms with Gasteiger partial charge in [0.15, 0.2) is 0 Å². The minimum Gasteiger partial charge on any atom is -0.341 e. The van der Waals surface area contributed by atoms with Gasteiger partial charge in [-0.15, -0.1) is 0 Å². The number of hydrogen-bond donors (Lipinski definition) is 1. The smallest absolute Gasteiger partial charge is 0.321 e. The van der Waals surface area contributed by atoms with E-state index in [9.17, 15) is 4.79 Å². The van der Waals surface area contributed by atoms with Crippen LogP contribution >= 0.6 is 15.9 Å². The number of nitrogens with zero attached hydrogens (tertiary/aromatic N) is 1. The summed E-state index contributed by atoms with van der Waals surface area (Å²) >= 11 is 3.38. The van der Waals surface area contributed by atoms with Crippen LogP contribution in [-0.2, 0) is 5.33 Å². The van der Waals surface area contributed by atoms with Crippen LogP contribution in [0.5, 0.6) is 0 Å². The fourth-order valence-corrected chi connectivity index (χ4v) is 1.48. The molecule has 2 amide bonds. The maximum absolute atomic E-state index is 11.3. The van der Waals surface area contributed by atoms with Crippen molar-refractivity contribution in [2.45, 2.75) is 5.33 Å². The van der Waals surface area contributed by atoms with E-state index in [0.717, 1.165) is 16.6 Å². The summed E-state index contributed by atoms with van der Waals surface area (Å²) in [6.07, 6.45) is 0. The molecule has 0 aliphatic heterocycles. The third-order valence-electron chi connectivity index (χ3n) is 1.97. The van der Waals surface area contributed by atoms with Crippen molar-refractivity contribution in [3.63, 3.8) is 0 Å². The van der Waals surface area contributed by atoms with Crippen LogP contribution in [0, 0.1) is 0 Å². The Bertz CT molecular complexity index is 328. The van der Waals surface area contributed by atoms with E-state index in [1.165, 1.54) is 0 Å². The number of carbonyl (C=O) groups is 1. The van der Waals surface area contributed by atoms with Crippen molar-refractivity contribution in [2.75, 3.05) is 19.0 Å². The van der Waals surface area contributed by atoms with Crippen LogP contribution in [0.4, 0.5) is 10.5 Å². The van der Waals surface area contributed by atoms with Crippen LogP contribution in [0.2, 0.25) is 0 Å². The molecule has 0 spiro atoms. The molecule has 1 N–H and O–H groups in total. The molecule has 4 heteroatoms. The van der Waals surface area contributed by atoms with Gasteiger partial charge in [-0.25, -0.2) is 4.79 Å². The highest BCUT2D eigenvalue weighted by Crippen LogP contribution is 2.16. The molecular weight excluding hydrogens is 244 g/mol. The van der Waals surface area contributed by atoms with Gasteiger partial charge >= 0.3 is 6.03 Å². The Hall–Kier alpha value is -1.03. The molecular formula is C10H13BrN2O. The minimum absolute atomic E-state index is 0.114. The normalized spacial score (nSPS) is 9.64. The number of alkyl halides is 1. The number of urea groups is 1. The van der Waals surface area contributed by atoms with Crippen LogP contribution in [0.1, 0.15) is 5.56 Å². The summed E-state index contributed by atoms with van der Waals surface area (Å²) in [6, 6.07) is 7.71. The molecule has 0 aromatic heterocycles. The lowest BCUT2D eigenvalue weighted by Gasteiger charge is -2.16. The van der Waals surface area contributed by atoms with Crippen LogP contribution in [0.3, 0.4) is 0 Å². The van der Waals surface area contributed by atoms with E-state index in [-0.39, 0.29) is 6.03 Å². The zero-order valence-corrected chi connectivity index (χ0v) is 9.84. The van der Waals surface area contributed by atoms with Crippen LogP contribution in [-0.4, -0.2) is 20.1 Å². The van der Waals surface area contributed by atoms with E-state index in [1.807, 2.05) is 24.3 Å². The molecule has 0 saturated carbocycles. The van der Waals surface area contributed by atoms with Gasteiger partial charge in [-0.2, -0.15) is 0 Å². The Morgan fingerprint density at radius 1 is 1.57 bits per heavy atom. The molecule has 0 atom stereocenters. The third-order valence-corrected chi connectivity index (χ3v) is 2.62. The van der Waals surface area contributed by atoms with Gasteiger partial charge in [-0.05, 0) is 17.7 Å². The monoisotopic (exact) mass is 256 g/mol. The summed E-state index contributed by atoms with van der Waals surface area (Å²) in [6.45, 7) is 0. The van der Waals surface area contributed by atoms with Gasteiger partial charge in [0.1, 0.15) is 0 Å². The highest BCUT2D eigenvalue weighted by atomic mass is 79.9. The third kappa shape index (κ3) is 2.48. The molecule has 1 aromatic rings. The van der Waals surface area contributed by atoms with Gasteiger partial charge in [0.25, 0.3) is 0 Å². The lowest BCUT2D eigenvalue weighted by molar-refractivity contribution is 0.249. The predicted molar refractivity (Wildman–Crippen MR) is 61.9 cm³/mol. The fraction of sp³-hybridized carbons (Fsp3) is 0.300. The Morgan fingerprint density at radius 3 is 2.86 bits per heavy atom. The molecule has 0 aliphatic rings. The van der Waals surface area contributed by atoms with E-state index in [4.69, 9.17) is 0 Å². The van der Waals surface area contributed by atoms with Crippen LogP contribution in [0.25, 0.3) is 0 Å². The molecule has 0 fully saturated rings. The molecule has 76 valence electrons.